The normalized spacial score (nSPS) is 26.8. The number of carbonyl (C=O) groups excluding carboxylic acids is 2. The molecule has 2 amide bonds. The first-order valence-corrected chi connectivity index (χ1v) is 8.13. The van der Waals surface area contributed by atoms with Gasteiger partial charge in [0.25, 0.3) is 5.91 Å². The Morgan fingerprint density at radius 2 is 1.58 bits per heavy atom. The summed E-state index contributed by atoms with van der Waals surface area (Å²) >= 11 is 0. The number of amides is 2. The number of carbonyl (C=O) groups is 2. The molecule has 0 bridgehead atoms. The van der Waals surface area contributed by atoms with Crippen molar-refractivity contribution in [3.05, 3.63) is 35.9 Å². The van der Waals surface area contributed by atoms with Gasteiger partial charge in [-0.2, -0.15) is 0 Å². The van der Waals surface area contributed by atoms with Crippen LogP contribution in [0.25, 0.3) is 0 Å². The first-order valence-electron chi connectivity index (χ1n) is 8.13. The van der Waals surface area contributed by atoms with Crippen LogP contribution in [0, 0.1) is 5.92 Å². The van der Waals surface area contributed by atoms with E-state index in [4.69, 9.17) is 5.73 Å². The second kappa shape index (κ2) is 7.96. The monoisotopic (exact) mass is 353 g/mol. The van der Waals surface area contributed by atoms with Gasteiger partial charge in [-0.3, -0.25) is 9.59 Å². The zero-order chi connectivity index (χ0) is 16.4. The van der Waals surface area contributed by atoms with Gasteiger partial charge in [0.05, 0.1) is 6.10 Å². The third-order valence-electron chi connectivity index (χ3n) is 4.83. The Bertz CT molecular complexity index is 566. The summed E-state index contributed by atoms with van der Waals surface area (Å²) in [5.41, 5.74) is 6.47. The SMILES string of the molecule is Cl.N[C@@H]1C[C@H](C(=O)N2CCN(C(=O)c3ccccc3)CC2)C[C@H]1O. The summed E-state index contributed by atoms with van der Waals surface area (Å²) in [4.78, 5) is 28.5. The lowest BCUT2D eigenvalue weighted by molar-refractivity contribution is -0.137. The van der Waals surface area contributed by atoms with Crippen LogP contribution >= 0.6 is 12.4 Å². The summed E-state index contributed by atoms with van der Waals surface area (Å²) in [7, 11) is 0. The Kier molecular flexibility index (Phi) is 6.21. The van der Waals surface area contributed by atoms with Crippen molar-refractivity contribution in [3.8, 4) is 0 Å². The van der Waals surface area contributed by atoms with E-state index in [2.05, 4.69) is 0 Å². The number of hydrogen-bond donors (Lipinski definition) is 2. The van der Waals surface area contributed by atoms with Crippen LogP contribution in [0.4, 0.5) is 0 Å². The fourth-order valence-corrected chi connectivity index (χ4v) is 3.40. The van der Waals surface area contributed by atoms with E-state index in [1.807, 2.05) is 18.2 Å². The quantitative estimate of drug-likeness (QED) is 0.810. The van der Waals surface area contributed by atoms with Crippen LogP contribution in [-0.4, -0.2) is 65.0 Å². The average Bonchev–Trinajstić information content (AvgIpc) is 2.93. The predicted molar refractivity (Wildman–Crippen MR) is 92.9 cm³/mol. The lowest BCUT2D eigenvalue weighted by atomic mass is 10.1. The molecule has 1 saturated carbocycles. The summed E-state index contributed by atoms with van der Waals surface area (Å²) in [6, 6.07) is 8.89. The van der Waals surface area contributed by atoms with Gasteiger partial charge in [0.1, 0.15) is 0 Å². The van der Waals surface area contributed by atoms with E-state index in [0.717, 1.165) is 0 Å². The van der Waals surface area contributed by atoms with Gasteiger partial charge in [0.15, 0.2) is 0 Å². The average molecular weight is 354 g/mol. The predicted octanol–water partition coefficient (Wildman–Crippen LogP) is 0.491. The molecule has 2 fully saturated rings. The van der Waals surface area contributed by atoms with E-state index in [-0.39, 0.29) is 36.2 Å². The van der Waals surface area contributed by atoms with Crippen LogP contribution in [-0.2, 0) is 4.79 Å². The number of piperazine rings is 1. The van der Waals surface area contributed by atoms with Gasteiger partial charge in [0, 0.05) is 43.7 Å². The molecule has 3 N–H and O–H groups in total. The first kappa shape index (κ1) is 18.7. The zero-order valence-corrected chi connectivity index (χ0v) is 14.3. The first-order chi connectivity index (χ1) is 11.1. The molecule has 0 aromatic heterocycles. The molecule has 7 heteroatoms. The van der Waals surface area contributed by atoms with Crippen LogP contribution in [0.15, 0.2) is 30.3 Å². The number of aliphatic hydroxyl groups excluding tert-OH is 1. The van der Waals surface area contributed by atoms with Crippen molar-refractivity contribution in [1.82, 2.24) is 9.80 Å². The van der Waals surface area contributed by atoms with Crippen LogP contribution < -0.4 is 5.73 Å². The van der Waals surface area contributed by atoms with Crippen molar-refractivity contribution < 1.29 is 14.7 Å². The van der Waals surface area contributed by atoms with Crippen molar-refractivity contribution in [2.75, 3.05) is 26.2 Å². The number of benzene rings is 1. The summed E-state index contributed by atoms with van der Waals surface area (Å²) < 4.78 is 0. The van der Waals surface area contributed by atoms with Crippen LogP contribution in [0.1, 0.15) is 23.2 Å². The molecule has 3 rings (SSSR count). The molecule has 6 nitrogen and oxygen atoms in total. The molecule has 3 atom stereocenters. The molecule has 0 unspecified atom stereocenters. The molecular weight excluding hydrogens is 330 g/mol. The molecule has 24 heavy (non-hydrogen) atoms. The Morgan fingerprint density at radius 1 is 1.00 bits per heavy atom. The second-order valence-corrected chi connectivity index (χ2v) is 6.38. The van der Waals surface area contributed by atoms with Crippen molar-refractivity contribution in [3.63, 3.8) is 0 Å². The van der Waals surface area contributed by atoms with E-state index >= 15 is 0 Å². The third kappa shape index (κ3) is 3.88. The summed E-state index contributed by atoms with van der Waals surface area (Å²) in [5.74, 6) is -0.115. The van der Waals surface area contributed by atoms with Gasteiger partial charge in [-0.15, -0.1) is 12.4 Å². The fraction of sp³-hybridized carbons (Fsp3) is 0.529. The number of rotatable bonds is 2. The van der Waals surface area contributed by atoms with Gasteiger partial charge in [0.2, 0.25) is 5.91 Å². The maximum Gasteiger partial charge on any atom is 0.253 e. The van der Waals surface area contributed by atoms with E-state index in [1.165, 1.54) is 0 Å². The largest absolute Gasteiger partial charge is 0.391 e. The number of hydrogen-bond acceptors (Lipinski definition) is 4. The molecule has 1 aliphatic carbocycles. The highest BCUT2D eigenvalue weighted by Gasteiger charge is 2.37. The molecule has 132 valence electrons. The van der Waals surface area contributed by atoms with Crippen molar-refractivity contribution in [2.24, 2.45) is 11.7 Å². The van der Waals surface area contributed by atoms with Gasteiger partial charge < -0.3 is 20.6 Å². The van der Waals surface area contributed by atoms with Gasteiger partial charge in [-0.05, 0) is 25.0 Å². The number of halogens is 1. The number of nitrogens with two attached hydrogens (primary N) is 1. The summed E-state index contributed by atoms with van der Waals surface area (Å²) in [6.45, 7) is 2.17. The maximum atomic E-state index is 12.5. The van der Waals surface area contributed by atoms with Crippen molar-refractivity contribution >= 4 is 24.2 Å². The summed E-state index contributed by atoms with van der Waals surface area (Å²) in [6.07, 6.45) is 0.414. The standard InChI is InChI=1S/C17H23N3O3.ClH/c18-14-10-13(11-15(14)21)17(23)20-8-6-19(7-9-20)16(22)12-4-2-1-3-5-12;/h1-5,13-15,21H,6-11,18H2;1H/t13-,14+,15+;/m0./s1. The molecular formula is C17H24ClN3O3. The van der Waals surface area contributed by atoms with Crippen LogP contribution in [0.3, 0.4) is 0 Å². The lowest BCUT2D eigenvalue weighted by Gasteiger charge is -2.36. The van der Waals surface area contributed by atoms with E-state index in [0.29, 0.717) is 44.6 Å². The minimum absolute atomic E-state index is 0. The minimum atomic E-state index is -0.579. The highest BCUT2D eigenvalue weighted by Crippen LogP contribution is 2.27. The Morgan fingerprint density at radius 3 is 2.12 bits per heavy atom. The molecule has 1 aromatic rings. The second-order valence-electron chi connectivity index (χ2n) is 6.38. The highest BCUT2D eigenvalue weighted by molar-refractivity contribution is 5.94. The molecule has 1 heterocycles. The summed E-state index contributed by atoms with van der Waals surface area (Å²) in [5, 5.41) is 9.71. The molecule has 1 aliphatic heterocycles. The number of aliphatic hydroxyl groups is 1. The fourth-order valence-electron chi connectivity index (χ4n) is 3.40. The maximum absolute atomic E-state index is 12.5. The van der Waals surface area contributed by atoms with E-state index in [1.54, 1.807) is 21.9 Å². The Hall–Kier alpha value is -1.63. The Balaban J connectivity index is 0.00000208. The van der Waals surface area contributed by atoms with Gasteiger partial charge in [-0.25, -0.2) is 0 Å². The molecule has 1 aromatic carbocycles. The molecule has 1 saturated heterocycles. The van der Waals surface area contributed by atoms with E-state index < -0.39 is 6.10 Å². The van der Waals surface area contributed by atoms with E-state index in [9.17, 15) is 14.7 Å². The Labute approximate surface area is 148 Å². The van der Waals surface area contributed by atoms with Crippen LogP contribution in [0.5, 0.6) is 0 Å². The van der Waals surface area contributed by atoms with Gasteiger partial charge >= 0.3 is 0 Å². The topological polar surface area (TPSA) is 86.9 Å². The minimum Gasteiger partial charge on any atom is -0.391 e. The van der Waals surface area contributed by atoms with Crippen molar-refractivity contribution in [2.45, 2.75) is 25.0 Å². The van der Waals surface area contributed by atoms with Crippen LogP contribution in [0.2, 0.25) is 0 Å². The third-order valence-corrected chi connectivity index (χ3v) is 4.83. The molecule has 0 spiro atoms. The smallest absolute Gasteiger partial charge is 0.253 e. The lowest BCUT2D eigenvalue weighted by Crippen LogP contribution is -2.51. The molecule has 0 radical (unpaired) electrons. The zero-order valence-electron chi connectivity index (χ0n) is 13.5. The van der Waals surface area contributed by atoms with Crippen molar-refractivity contribution in [1.29, 1.82) is 0 Å². The molecule has 2 aliphatic rings. The number of nitrogens with zero attached hydrogens (tertiary/aromatic N) is 2. The highest BCUT2D eigenvalue weighted by atomic mass is 35.5. The van der Waals surface area contributed by atoms with Gasteiger partial charge in [-0.1, -0.05) is 18.2 Å².